The quantitative estimate of drug-likeness (QED) is 0.540. The largest absolute Gasteiger partial charge is 0.478 e. The zero-order valence-corrected chi connectivity index (χ0v) is 15.6. The summed E-state index contributed by atoms with van der Waals surface area (Å²) >= 11 is 0. The van der Waals surface area contributed by atoms with E-state index < -0.39 is 12.1 Å². The first kappa shape index (κ1) is 17.9. The number of nitrogens with one attached hydrogen (secondary N) is 1. The molecule has 0 saturated heterocycles. The molecular weight excluding hydrogens is 384 g/mol. The number of fused-ring (bicyclic) bond motifs is 4. The van der Waals surface area contributed by atoms with Gasteiger partial charge in [-0.15, -0.1) is 0 Å². The van der Waals surface area contributed by atoms with Crippen LogP contribution in [-0.2, 0) is 4.74 Å². The third kappa shape index (κ3) is 2.95. The summed E-state index contributed by atoms with van der Waals surface area (Å²) in [6, 6.07) is 16.2. The molecule has 1 amide bonds. The number of hydrogen-bond donors (Lipinski definition) is 2. The number of rotatable bonds is 4. The number of amides is 1. The van der Waals surface area contributed by atoms with Gasteiger partial charge in [0.25, 0.3) is 0 Å². The standard InChI is InChI=1S/C22H16N4O4/c27-21(28)13-9-23-20-19(10-24-26(20)11-13)25-22(29)30-12-18-16-7-3-1-5-14(16)15-6-2-4-8-17(15)18/h1-11,18H,12H2,(H,25,29)(H,27,28). The summed E-state index contributed by atoms with van der Waals surface area (Å²) in [6.07, 6.45) is 3.31. The van der Waals surface area contributed by atoms with Gasteiger partial charge in [0.1, 0.15) is 12.3 Å². The van der Waals surface area contributed by atoms with Gasteiger partial charge in [-0.3, -0.25) is 5.32 Å². The molecule has 8 heteroatoms. The van der Waals surface area contributed by atoms with Crippen molar-refractivity contribution in [1.29, 1.82) is 0 Å². The van der Waals surface area contributed by atoms with Crippen molar-refractivity contribution in [2.24, 2.45) is 0 Å². The Kier molecular flexibility index (Phi) is 4.17. The molecule has 0 atom stereocenters. The first-order chi connectivity index (χ1) is 14.6. The van der Waals surface area contributed by atoms with E-state index in [2.05, 4.69) is 39.7 Å². The Labute approximate surface area is 170 Å². The van der Waals surface area contributed by atoms with E-state index in [1.165, 1.54) is 23.1 Å². The maximum atomic E-state index is 12.4. The molecule has 2 heterocycles. The van der Waals surface area contributed by atoms with Gasteiger partial charge in [0.15, 0.2) is 5.65 Å². The average Bonchev–Trinajstić information content (AvgIpc) is 3.31. The number of carbonyl (C=O) groups excluding carboxylic acids is 1. The minimum Gasteiger partial charge on any atom is -0.478 e. The van der Waals surface area contributed by atoms with E-state index in [0.29, 0.717) is 11.3 Å². The van der Waals surface area contributed by atoms with Gasteiger partial charge in [-0.25, -0.2) is 19.1 Å². The first-order valence-corrected chi connectivity index (χ1v) is 9.30. The molecule has 0 fully saturated rings. The summed E-state index contributed by atoms with van der Waals surface area (Å²) in [4.78, 5) is 27.5. The van der Waals surface area contributed by atoms with Gasteiger partial charge in [0, 0.05) is 18.3 Å². The fraction of sp³-hybridized carbons (Fsp3) is 0.0909. The number of aromatic nitrogens is 3. The summed E-state index contributed by atoms with van der Waals surface area (Å²) < 4.78 is 6.81. The van der Waals surface area contributed by atoms with Crippen molar-refractivity contribution in [2.45, 2.75) is 5.92 Å². The van der Waals surface area contributed by atoms with Crippen molar-refractivity contribution in [2.75, 3.05) is 11.9 Å². The molecule has 4 aromatic rings. The molecule has 0 bridgehead atoms. The van der Waals surface area contributed by atoms with Gasteiger partial charge < -0.3 is 9.84 Å². The van der Waals surface area contributed by atoms with E-state index in [0.717, 1.165) is 22.3 Å². The molecule has 0 spiro atoms. The van der Waals surface area contributed by atoms with Gasteiger partial charge >= 0.3 is 12.1 Å². The number of carboxylic acid groups (broad SMARTS) is 1. The highest BCUT2D eigenvalue weighted by molar-refractivity contribution is 5.91. The number of hydrogen-bond acceptors (Lipinski definition) is 5. The van der Waals surface area contributed by atoms with Crippen molar-refractivity contribution in [3.05, 3.63) is 83.8 Å². The van der Waals surface area contributed by atoms with Crippen LogP contribution in [0.1, 0.15) is 27.4 Å². The summed E-state index contributed by atoms with van der Waals surface area (Å²) in [5.41, 5.74) is 5.23. The maximum absolute atomic E-state index is 12.4. The van der Waals surface area contributed by atoms with Crippen LogP contribution >= 0.6 is 0 Å². The van der Waals surface area contributed by atoms with Crippen LogP contribution in [-0.4, -0.2) is 38.4 Å². The van der Waals surface area contributed by atoms with Gasteiger partial charge in [0.05, 0.1) is 11.8 Å². The maximum Gasteiger partial charge on any atom is 0.411 e. The lowest BCUT2D eigenvalue weighted by atomic mass is 9.98. The lowest BCUT2D eigenvalue weighted by Crippen LogP contribution is -2.18. The van der Waals surface area contributed by atoms with E-state index >= 15 is 0 Å². The Morgan fingerprint density at radius 1 is 1.03 bits per heavy atom. The van der Waals surface area contributed by atoms with Crippen LogP contribution in [0.3, 0.4) is 0 Å². The van der Waals surface area contributed by atoms with Gasteiger partial charge in [-0.2, -0.15) is 5.10 Å². The Bertz CT molecular complexity index is 1250. The second kappa shape index (κ2) is 7.00. The molecule has 148 valence electrons. The number of nitrogens with zero attached hydrogens (tertiary/aromatic N) is 3. The number of carboxylic acids is 1. The third-order valence-electron chi connectivity index (χ3n) is 5.18. The van der Waals surface area contributed by atoms with Crippen LogP contribution < -0.4 is 5.32 Å². The molecule has 1 aliphatic rings. The van der Waals surface area contributed by atoms with Crippen molar-refractivity contribution < 1.29 is 19.4 Å². The van der Waals surface area contributed by atoms with Crippen molar-refractivity contribution in [3.63, 3.8) is 0 Å². The van der Waals surface area contributed by atoms with E-state index in [1.54, 1.807) is 0 Å². The second-order valence-corrected chi connectivity index (χ2v) is 6.92. The molecule has 30 heavy (non-hydrogen) atoms. The second-order valence-electron chi connectivity index (χ2n) is 6.92. The Balaban J connectivity index is 1.33. The minimum absolute atomic E-state index is 0.00158. The van der Waals surface area contributed by atoms with Crippen molar-refractivity contribution >= 4 is 23.4 Å². The highest BCUT2D eigenvalue weighted by Crippen LogP contribution is 2.44. The number of anilines is 1. The molecule has 0 aliphatic heterocycles. The highest BCUT2D eigenvalue weighted by atomic mass is 16.5. The number of carbonyl (C=O) groups is 2. The Morgan fingerprint density at radius 2 is 1.70 bits per heavy atom. The van der Waals surface area contributed by atoms with E-state index in [-0.39, 0.29) is 18.1 Å². The van der Waals surface area contributed by atoms with Gasteiger partial charge in [-0.05, 0) is 22.3 Å². The fourth-order valence-electron chi connectivity index (χ4n) is 3.82. The molecule has 8 nitrogen and oxygen atoms in total. The van der Waals surface area contributed by atoms with Gasteiger partial charge in [0.2, 0.25) is 0 Å². The molecular formula is C22H16N4O4. The Morgan fingerprint density at radius 3 is 2.37 bits per heavy atom. The zero-order chi connectivity index (χ0) is 20.7. The van der Waals surface area contributed by atoms with E-state index in [9.17, 15) is 9.59 Å². The Hall–Kier alpha value is -4.20. The topological polar surface area (TPSA) is 106 Å². The molecule has 2 N–H and O–H groups in total. The summed E-state index contributed by atoms with van der Waals surface area (Å²) in [5.74, 6) is -1.14. The van der Waals surface area contributed by atoms with Crippen LogP contribution in [0, 0.1) is 0 Å². The zero-order valence-electron chi connectivity index (χ0n) is 15.6. The third-order valence-corrected chi connectivity index (χ3v) is 5.18. The molecule has 0 radical (unpaired) electrons. The van der Waals surface area contributed by atoms with Crippen LogP contribution in [0.4, 0.5) is 10.5 Å². The summed E-state index contributed by atoms with van der Waals surface area (Å²) in [7, 11) is 0. The molecule has 1 aliphatic carbocycles. The molecule has 5 rings (SSSR count). The normalized spacial score (nSPS) is 12.4. The van der Waals surface area contributed by atoms with Crippen LogP contribution in [0.25, 0.3) is 16.8 Å². The summed E-state index contributed by atoms with van der Waals surface area (Å²) in [6.45, 7) is 0.190. The predicted octanol–water partition coefficient (Wildman–Crippen LogP) is 3.79. The van der Waals surface area contributed by atoms with Crippen LogP contribution in [0.5, 0.6) is 0 Å². The number of ether oxygens (including phenoxy) is 1. The SMILES string of the molecule is O=C(Nc1cnn2cc(C(=O)O)cnc12)OCC1c2ccccc2-c2ccccc21. The molecule has 2 aromatic heterocycles. The van der Waals surface area contributed by atoms with E-state index in [4.69, 9.17) is 9.84 Å². The van der Waals surface area contributed by atoms with Crippen LogP contribution in [0.2, 0.25) is 0 Å². The van der Waals surface area contributed by atoms with E-state index in [1.807, 2.05) is 24.3 Å². The number of aromatic carboxylic acids is 1. The monoisotopic (exact) mass is 400 g/mol. The molecule has 0 unspecified atom stereocenters. The predicted molar refractivity (Wildman–Crippen MR) is 109 cm³/mol. The lowest BCUT2D eigenvalue weighted by molar-refractivity contribution is 0.0695. The molecule has 0 saturated carbocycles. The van der Waals surface area contributed by atoms with Crippen LogP contribution in [0.15, 0.2) is 67.1 Å². The van der Waals surface area contributed by atoms with Crippen molar-refractivity contribution in [3.8, 4) is 11.1 Å². The lowest BCUT2D eigenvalue weighted by Gasteiger charge is -2.14. The number of benzene rings is 2. The van der Waals surface area contributed by atoms with Crippen molar-refractivity contribution in [1.82, 2.24) is 14.6 Å². The minimum atomic E-state index is -1.11. The average molecular weight is 400 g/mol. The first-order valence-electron chi connectivity index (χ1n) is 9.30. The smallest absolute Gasteiger partial charge is 0.411 e. The van der Waals surface area contributed by atoms with Gasteiger partial charge in [-0.1, -0.05) is 48.5 Å². The summed E-state index contributed by atoms with van der Waals surface area (Å²) in [5, 5.41) is 15.7. The highest BCUT2D eigenvalue weighted by Gasteiger charge is 2.29. The fourth-order valence-corrected chi connectivity index (χ4v) is 3.82. The molecule has 2 aromatic carbocycles.